The SMILES string of the molecule is CNC(=O)C(C)N(Cc1ccc(OC)cc1)C(=O)CCCN(c1ccccc1OC)S(C)(=O)=O. The first-order valence-corrected chi connectivity index (χ1v) is 12.7. The lowest BCUT2D eigenvalue weighted by molar-refractivity contribution is -0.140. The van der Waals surface area contributed by atoms with Gasteiger partial charge in [0.2, 0.25) is 21.8 Å². The molecule has 0 aliphatic heterocycles. The highest BCUT2D eigenvalue weighted by Gasteiger charge is 2.26. The van der Waals surface area contributed by atoms with E-state index in [2.05, 4.69) is 5.32 Å². The van der Waals surface area contributed by atoms with Crippen molar-refractivity contribution in [1.29, 1.82) is 0 Å². The Morgan fingerprint density at radius 3 is 2.24 bits per heavy atom. The van der Waals surface area contributed by atoms with Crippen LogP contribution in [0, 0.1) is 0 Å². The predicted molar refractivity (Wildman–Crippen MR) is 131 cm³/mol. The molecule has 0 aliphatic rings. The maximum Gasteiger partial charge on any atom is 0.242 e. The molecule has 1 atom stereocenters. The van der Waals surface area contributed by atoms with Crippen LogP contribution in [0.1, 0.15) is 25.3 Å². The predicted octanol–water partition coefficient (Wildman–Crippen LogP) is 2.41. The molecule has 9 nitrogen and oxygen atoms in total. The zero-order valence-electron chi connectivity index (χ0n) is 20.3. The molecule has 0 saturated carbocycles. The molecule has 0 spiro atoms. The number of anilines is 1. The monoisotopic (exact) mass is 491 g/mol. The number of benzene rings is 2. The fourth-order valence-electron chi connectivity index (χ4n) is 3.54. The second kappa shape index (κ2) is 12.3. The standard InChI is InChI=1S/C24H33N3O6S/c1-18(24(29)25-2)26(17-19-12-14-20(32-3)15-13-19)23(28)11-8-16-27(34(5,30)31)21-9-6-7-10-22(21)33-4/h6-7,9-10,12-15,18H,8,11,16-17H2,1-5H3,(H,25,29). The molecular weight excluding hydrogens is 458 g/mol. The molecule has 1 unspecified atom stereocenters. The van der Waals surface area contributed by atoms with E-state index in [1.165, 1.54) is 23.4 Å². The number of nitrogens with zero attached hydrogens (tertiary/aromatic N) is 2. The van der Waals surface area contributed by atoms with Crippen LogP contribution in [0.4, 0.5) is 5.69 Å². The van der Waals surface area contributed by atoms with E-state index in [0.29, 0.717) is 17.2 Å². The molecule has 34 heavy (non-hydrogen) atoms. The number of rotatable bonds is 12. The summed E-state index contributed by atoms with van der Waals surface area (Å²) in [5.74, 6) is 0.584. The van der Waals surface area contributed by atoms with Crippen molar-refractivity contribution < 1.29 is 27.5 Å². The highest BCUT2D eigenvalue weighted by molar-refractivity contribution is 7.92. The molecule has 0 fully saturated rings. The zero-order chi connectivity index (χ0) is 25.3. The van der Waals surface area contributed by atoms with Crippen molar-refractivity contribution in [2.24, 2.45) is 0 Å². The third-order valence-corrected chi connectivity index (χ3v) is 6.61. The molecule has 2 rings (SSSR count). The fourth-order valence-corrected chi connectivity index (χ4v) is 4.51. The second-order valence-corrected chi connectivity index (χ2v) is 9.68. The van der Waals surface area contributed by atoms with E-state index >= 15 is 0 Å². The van der Waals surface area contributed by atoms with Crippen LogP contribution >= 0.6 is 0 Å². The summed E-state index contributed by atoms with van der Waals surface area (Å²) in [5, 5.41) is 2.58. The van der Waals surface area contributed by atoms with Gasteiger partial charge in [-0.15, -0.1) is 0 Å². The van der Waals surface area contributed by atoms with Gasteiger partial charge in [-0.05, 0) is 43.2 Å². The number of likely N-dealkylation sites (N-methyl/N-ethyl adjacent to an activating group) is 1. The van der Waals surface area contributed by atoms with Crippen LogP contribution in [0.3, 0.4) is 0 Å². The molecule has 2 amide bonds. The van der Waals surface area contributed by atoms with Gasteiger partial charge >= 0.3 is 0 Å². The topological polar surface area (TPSA) is 105 Å². The highest BCUT2D eigenvalue weighted by Crippen LogP contribution is 2.29. The fraction of sp³-hybridized carbons (Fsp3) is 0.417. The first kappa shape index (κ1) is 27.0. The summed E-state index contributed by atoms with van der Waals surface area (Å²) in [6.45, 7) is 1.99. The van der Waals surface area contributed by atoms with E-state index in [1.807, 2.05) is 12.1 Å². The summed E-state index contributed by atoms with van der Waals surface area (Å²) in [6, 6.07) is 13.4. The summed E-state index contributed by atoms with van der Waals surface area (Å²) in [4.78, 5) is 26.9. The number of amides is 2. The van der Waals surface area contributed by atoms with Crippen LogP contribution in [-0.4, -0.2) is 65.2 Å². The van der Waals surface area contributed by atoms with Crippen molar-refractivity contribution in [2.75, 3.05) is 38.4 Å². The van der Waals surface area contributed by atoms with Gasteiger partial charge in [0.05, 0.1) is 26.2 Å². The molecule has 0 saturated heterocycles. The number of para-hydroxylation sites is 2. The number of sulfonamides is 1. The van der Waals surface area contributed by atoms with Gasteiger partial charge in [0.25, 0.3) is 0 Å². The molecule has 0 bridgehead atoms. The van der Waals surface area contributed by atoms with Crippen molar-refractivity contribution >= 4 is 27.5 Å². The molecule has 0 heterocycles. The lowest BCUT2D eigenvalue weighted by atomic mass is 10.1. The van der Waals surface area contributed by atoms with Gasteiger partial charge in [0.15, 0.2) is 0 Å². The molecule has 2 aromatic carbocycles. The average molecular weight is 492 g/mol. The maximum atomic E-state index is 13.2. The van der Waals surface area contributed by atoms with Crippen LogP contribution in [0.25, 0.3) is 0 Å². The van der Waals surface area contributed by atoms with E-state index in [9.17, 15) is 18.0 Å². The number of methoxy groups -OCH3 is 2. The van der Waals surface area contributed by atoms with Crippen LogP contribution in [0.15, 0.2) is 48.5 Å². The van der Waals surface area contributed by atoms with Gasteiger partial charge in [-0.2, -0.15) is 0 Å². The quantitative estimate of drug-likeness (QED) is 0.489. The maximum absolute atomic E-state index is 13.2. The van der Waals surface area contributed by atoms with Gasteiger partial charge < -0.3 is 19.7 Å². The van der Waals surface area contributed by atoms with Crippen molar-refractivity contribution in [3.8, 4) is 11.5 Å². The Bertz CT molecular complexity index is 1070. The molecular formula is C24H33N3O6S. The van der Waals surface area contributed by atoms with Gasteiger partial charge in [-0.3, -0.25) is 13.9 Å². The van der Waals surface area contributed by atoms with E-state index in [-0.39, 0.29) is 37.7 Å². The molecule has 0 radical (unpaired) electrons. The Labute approximate surface area is 201 Å². The van der Waals surface area contributed by atoms with Crippen LogP contribution in [-0.2, 0) is 26.2 Å². The van der Waals surface area contributed by atoms with Gasteiger partial charge in [-0.1, -0.05) is 24.3 Å². The second-order valence-electron chi connectivity index (χ2n) is 7.77. The molecule has 1 N–H and O–H groups in total. The van der Waals surface area contributed by atoms with Crippen LogP contribution in [0.5, 0.6) is 11.5 Å². The minimum absolute atomic E-state index is 0.0681. The van der Waals surface area contributed by atoms with Crippen molar-refractivity contribution in [3.63, 3.8) is 0 Å². The smallest absolute Gasteiger partial charge is 0.242 e. The Morgan fingerprint density at radius 1 is 1.03 bits per heavy atom. The first-order valence-electron chi connectivity index (χ1n) is 10.9. The van der Waals surface area contributed by atoms with E-state index in [0.717, 1.165) is 11.8 Å². The largest absolute Gasteiger partial charge is 0.497 e. The summed E-state index contributed by atoms with van der Waals surface area (Å²) in [5.41, 5.74) is 1.26. The van der Waals surface area contributed by atoms with Crippen molar-refractivity contribution in [3.05, 3.63) is 54.1 Å². The van der Waals surface area contributed by atoms with Crippen molar-refractivity contribution in [1.82, 2.24) is 10.2 Å². The highest BCUT2D eigenvalue weighted by atomic mass is 32.2. The number of carbonyl (C=O) groups is 2. The summed E-state index contributed by atoms with van der Waals surface area (Å²) >= 11 is 0. The molecule has 0 aliphatic carbocycles. The lowest BCUT2D eigenvalue weighted by Gasteiger charge is -2.29. The Morgan fingerprint density at radius 2 is 1.68 bits per heavy atom. The van der Waals surface area contributed by atoms with E-state index in [1.54, 1.807) is 50.4 Å². The van der Waals surface area contributed by atoms with Crippen LogP contribution in [0.2, 0.25) is 0 Å². The molecule has 186 valence electrons. The number of hydrogen-bond donors (Lipinski definition) is 1. The van der Waals surface area contributed by atoms with Crippen LogP contribution < -0.4 is 19.1 Å². The van der Waals surface area contributed by atoms with Crippen molar-refractivity contribution in [2.45, 2.75) is 32.4 Å². The third-order valence-electron chi connectivity index (χ3n) is 5.43. The summed E-state index contributed by atoms with van der Waals surface area (Å²) in [7, 11) is 0.960. The third kappa shape index (κ3) is 7.11. The number of hydrogen-bond acceptors (Lipinski definition) is 6. The number of carbonyl (C=O) groups excluding carboxylic acids is 2. The summed E-state index contributed by atoms with van der Waals surface area (Å²) < 4.78 is 36.6. The Hall–Kier alpha value is -3.27. The molecule has 0 aromatic heterocycles. The Balaban J connectivity index is 2.17. The molecule has 2 aromatic rings. The minimum atomic E-state index is -3.61. The van der Waals surface area contributed by atoms with Gasteiger partial charge in [0.1, 0.15) is 17.5 Å². The first-order chi connectivity index (χ1) is 16.1. The number of ether oxygens (including phenoxy) is 2. The van der Waals surface area contributed by atoms with E-state index < -0.39 is 16.1 Å². The lowest BCUT2D eigenvalue weighted by Crippen LogP contribution is -2.46. The van der Waals surface area contributed by atoms with Gasteiger partial charge in [0, 0.05) is 26.6 Å². The Kier molecular flexibility index (Phi) is 9.73. The average Bonchev–Trinajstić information content (AvgIpc) is 2.83. The number of nitrogens with one attached hydrogen (secondary N) is 1. The van der Waals surface area contributed by atoms with E-state index in [4.69, 9.17) is 9.47 Å². The summed E-state index contributed by atoms with van der Waals surface area (Å²) in [6.07, 6.45) is 1.45. The zero-order valence-corrected chi connectivity index (χ0v) is 21.1. The molecule has 10 heteroatoms. The van der Waals surface area contributed by atoms with Gasteiger partial charge in [-0.25, -0.2) is 8.42 Å². The normalized spacial score (nSPS) is 11.9. The minimum Gasteiger partial charge on any atom is -0.497 e.